The first kappa shape index (κ1) is 40.5. The van der Waals surface area contributed by atoms with Crippen LogP contribution >= 0.6 is 0 Å². The zero-order valence-electron chi connectivity index (χ0n) is 35.1. The maximum Gasteiger partial charge on any atom is 0.494 e. The Morgan fingerprint density at radius 2 is 0.765 bits per heavy atom. The maximum absolute atomic E-state index is 6.63. The Morgan fingerprint density at radius 3 is 1.08 bits per heavy atom. The Balaban J connectivity index is 1.52. The van der Waals surface area contributed by atoms with Gasteiger partial charge in [0.15, 0.2) is 0 Å². The van der Waals surface area contributed by atoms with Gasteiger partial charge >= 0.3 is 14.2 Å². The fraction of sp³-hybridized carbons (Fsp3) is 0.721. The van der Waals surface area contributed by atoms with Gasteiger partial charge < -0.3 is 27.6 Å². The van der Waals surface area contributed by atoms with Crippen LogP contribution in [0.4, 0.5) is 0 Å². The first-order valence-electron chi connectivity index (χ1n) is 20.1. The molecule has 3 aliphatic rings. The maximum atomic E-state index is 6.63. The molecule has 2 fully saturated rings. The second kappa shape index (κ2) is 14.5. The van der Waals surface area contributed by atoms with E-state index in [-0.39, 0.29) is 42.1 Å². The lowest BCUT2D eigenvalue weighted by molar-refractivity contribution is -0.870. The molecule has 282 valence electrons. The molecule has 2 aromatic carbocycles. The van der Waals surface area contributed by atoms with Gasteiger partial charge in [-0.2, -0.15) is 0 Å². The summed E-state index contributed by atoms with van der Waals surface area (Å²) in [6, 6.07) is 14.1. The lowest BCUT2D eigenvalue weighted by Gasteiger charge is -2.34. The molecule has 0 N–H and O–H groups in total. The van der Waals surface area contributed by atoms with Gasteiger partial charge in [-0.1, -0.05) is 62.1 Å². The molecule has 0 spiro atoms. The monoisotopic (exact) mass is 703 g/mol. The summed E-state index contributed by atoms with van der Waals surface area (Å²) in [5.41, 5.74) is 6.26. The van der Waals surface area contributed by atoms with E-state index in [1.54, 1.807) is 0 Å². The second-order valence-corrected chi connectivity index (χ2v) is 20.2. The molecule has 51 heavy (non-hydrogen) atoms. The van der Waals surface area contributed by atoms with Crippen molar-refractivity contribution >= 4 is 25.2 Å². The minimum absolute atomic E-state index is 0.0931. The highest BCUT2D eigenvalue weighted by molar-refractivity contribution is 6.62. The smallest absolute Gasteiger partial charge is 0.399 e. The van der Waals surface area contributed by atoms with Crippen LogP contribution in [0.2, 0.25) is 0 Å². The van der Waals surface area contributed by atoms with Crippen LogP contribution in [0.3, 0.4) is 0 Å². The number of hydrogen-bond acceptors (Lipinski definition) is 4. The van der Waals surface area contributed by atoms with E-state index in [4.69, 9.17) is 18.6 Å². The topological polar surface area (TPSA) is 36.9 Å². The molecule has 2 aliphatic heterocycles. The summed E-state index contributed by atoms with van der Waals surface area (Å²) in [6.07, 6.45) is 12.3. The van der Waals surface area contributed by atoms with Gasteiger partial charge in [0.25, 0.3) is 0 Å². The summed E-state index contributed by atoms with van der Waals surface area (Å²) in [5, 5.41) is 0. The van der Waals surface area contributed by atoms with Gasteiger partial charge in [0.1, 0.15) is 0 Å². The van der Waals surface area contributed by atoms with Crippen LogP contribution in [0.15, 0.2) is 36.4 Å². The van der Waals surface area contributed by atoms with Crippen LogP contribution in [0.25, 0.3) is 11.1 Å². The highest BCUT2D eigenvalue weighted by Crippen LogP contribution is 2.54. The fourth-order valence-electron chi connectivity index (χ4n) is 8.18. The molecule has 0 amide bonds. The minimum Gasteiger partial charge on any atom is -0.399 e. The van der Waals surface area contributed by atoms with Gasteiger partial charge in [0.2, 0.25) is 0 Å². The zero-order chi connectivity index (χ0) is 37.7. The number of fused-ring (bicyclic) bond motifs is 3. The number of unbranched alkanes of at least 4 members (excludes halogenated alkanes) is 6. The largest absolute Gasteiger partial charge is 0.494 e. The second-order valence-electron chi connectivity index (χ2n) is 20.2. The van der Waals surface area contributed by atoms with E-state index < -0.39 is 0 Å². The van der Waals surface area contributed by atoms with Crippen molar-refractivity contribution in [2.24, 2.45) is 0 Å². The van der Waals surface area contributed by atoms with Crippen molar-refractivity contribution in [2.45, 2.75) is 147 Å². The SMILES string of the molecule is CC1(C)OB(c2ccc3c(c2)C(CCCCCC[N+](C)(C)C)(CCCCCC[N+](C)(C)C)c2cc(B4OC(C)(C)C(C)(C)O4)ccc2-3)OC1(C)C. The molecule has 5 rings (SSSR count). The third-order valence-electron chi connectivity index (χ3n) is 12.8. The molecule has 0 saturated carbocycles. The van der Waals surface area contributed by atoms with Crippen molar-refractivity contribution < 1.29 is 27.6 Å². The standard InChI is InChI=1S/C43H72B2N2O4/c1-39(2)40(3,4)49-44(48-39)33-23-25-35-36-26-24-34(45-50-41(5,6)42(7,8)51-45)32-38(36)43(37(35)31-33,27-19-15-17-21-29-46(9,10)11)28-20-16-18-22-30-47(12,13)14/h23-26,31-32H,15-22,27-30H2,1-14H3/q+2. The van der Waals surface area contributed by atoms with Crippen LogP contribution in [0.1, 0.15) is 131 Å². The summed E-state index contributed by atoms with van der Waals surface area (Å²) >= 11 is 0. The molecule has 0 bridgehead atoms. The average Bonchev–Trinajstić information content (AvgIpc) is 3.49. The number of rotatable bonds is 16. The molecule has 1 aliphatic carbocycles. The van der Waals surface area contributed by atoms with Crippen LogP contribution < -0.4 is 10.9 Å². The number of quaternary nitrogens is 2. The third kappa shape index (κ3) is 8.84. The van der Waals surface area contributed by atoms with Gasteiger partial charge in [-0.15, -0.1) is 0 Å². The van der Waals surface area contributed by atoms with Crippen LogP contribution in [0, 0.1) is 0 Å². The Morgan fingerprint density at radius 1 is 0.451 bits per heavy atom. The van der Waals surface area contributed by atoms with Gasteiger partial charge in [0.05, 0.1) is 77.8 Å². The van der Waals surface area contributed by atoms with E-state index in [1.165, 1.54) is 86.7 Å². The summed E-state index contributed by atoms with van der Waals surface area (Å²) in [6.45, 7) is 19.6. The molecule has 2 heterocycles. The average molecular weight is 703 g/mol. The lowest BCUT2D eigenvalue weighted by atomic mass is 9.67. The molecule has 0 atom stereocenters. The van der Waals surface area contributed by atoms with E-state index in [9.17, 15) is 0 Å². The van der Waals surface area contributed by atoms with Gasteiger partial charge in [0, 0.05) is 5.41 Å². The van der Waals surface area contributed by atoms with Crippen molar-refractivity contribution in [3.05, 3.63) is 47.5 Å². The van der Waals surface area contributed by atoms with Crippen LogP contribution in [0.5, 0.6) is 0 Å². The number of hydrogen-bond donors (Lipinski definition) is 0. The van der Waals surface area contributed by atoms with E-state index in [0.29, 0.717) is 0 Å². The Hall–Kier alpha value is -1.67. The predicted molar refractivity (Wildman–Crippen MR) is 216 cm³/mol. The summed E-state index contributed by atoms with van der Waals surface area (Å²) < 4.78 is 28.6. The number of benzene rings is 2. The first-order chi connectivity index (χ1) is 23.5. The fourth-order valence-corrected chi connectivity index (χ4v) is 8.18. The Labute approximate surface area is 313 Å². The molecular weight excluding hydrogens is 630 g/mol. The summed E-state index contributed by atoms with van der Waals surface area (Å²) in [7, 11) is 13.1. The highest BCUT2D eigenvalue weighted by Gasteiger charge is 2.54. The van der Waals surface area contributed by atoms with Crippen molar-refractivity contribution in [2.75, 3.05) is 55.4 Å². The van der Waals surface area contributed by atoms with E-state index in [2.05, 4.69) is 134 Å². The van der Waals surface area contributed by atoms with Crippen molar-refractivity contribution in [1.82, 2.24) is 0 Å². The Kier molecular flexibility index (Phi) is 11.5. The number of nitrogens with zero attached hydrogens (tertiary/aromatic N) is 2. The van der Waals surface area contributed by atoms with Gasteiger partial charge in [-0.3, -0.25) is 0 Å². The highest BCUT2D eigenvalue weighted by atomic mass is 16.7. The molecular formula is C43H72B2N2O4+2. The van der Waals surface area contributed by atoms with Gasteiger partial charge in [-0.05, 0) is 127 Å². The Bertz CT molecular complexity index is 1380. The molecule has 0 aromatic heterocycles. The van der Waals surface area contributed by atoms with Crippen LogP contribution in [-0.2, 0) is 24.0 Å². The predicted octanol–water partition coefficient (Wildman–Crippen LogP) is 7.86. The molecule has 0 unspecified atom stereocenters. The first-order valence-corrected chi connectivity index (χ1v) is 20.1. The quantitative estimate of drug-likeness (QED) is 0.101. The van der Waals surface area contributed by atoms with Crippen LogP contribution in [-0.4, -0.2) is 101 Å². The normalized spacial score (nSPS) is 21.3. The molecule has 2 aromatic rings. The van der Waals surface area contributed by atoms with Gasteiger partial charge in [-0.25, -0.2) is 0 Å². The zero-order valence-corrected chi connectivity index (χ0v) is 35.1. The van der Waals surface area contributed by atoms with Crippen molar-refractivity contribution in [1.29, 1.82) is 0 Å². The third-order valence-corrected chi connectivity index (χ3v) is 12.8. The van der Waals surface area contributed by atoms with E-state index in [1.807, 2.05) is 0 Å². The lowest BCUT2D eigenvalue weighted by Crippen LogP contribution is -2.41. The van der Waals surface area contributed by atoms with E-state index >= 15 is 0 Å². The summed E-state index contributed by atoms with van der Waals surface area (Å²) in [4.78, 5) is 0. The van der Waals surface area contributed by atoms with Crippen molar-refractivity contribution in [3.63, 3.8) is 0 Å². The molecule has 2 saturated heterocycles. The molecule has 6 nitrogen and oxygen atoms in total. The summed E-state index contributed by atoms with van der Waals surface area (Å²) in [5.74, 6) is 0. The molecule has 8 heteroatoms. The minimum atomic E-state index is -0.383. The molecule has 0 radical (unpaired) electrons. The van der Waals surface area contributed by atoms with Crippen molar-refractivity contribution in [3.8, 4) is 11.1 Å². The van der Waals surface area contributed by atoms with E-state index in [0.717, 1.165) is 32.7 Å².